The number of thiazole rings is 1. The van der Waals surface area contributed by atoms with Crippen LogP contribution in [0, 0.1) is 0 Å². The van der Waals surface area contributed by atoms with Crippen molar-refractivity contribution < 1.29 is 0 Å². The Labute approximate surface area is 122 Å². The van der Waals surface area contributed by atoms with Crippen molar-refractivity contribution in [2.75, 3.05) is 0 Å². The molecule has 5 heteroatoms. The van der Waals surface area contributed by atoms with E-state index in [1.165, 1.54) is 5.56 Å². The van der Waals surface area contributed by atoms with Gasteiger partial charge in [-0.1, -0.05) is 35.1 Å². The van der Waals surface area contributed by atoms with Crippen LogP contribution < -0.4 is 0 Å². The van der Waals surface area contributed by atoms with Crippen molar-refractivity contribution >= 4 is 49.2 Å². The molecule has 3 aromatic rings. The predicted molar refractivity (Wildman–Crippen MR) is 79.4 cm³/mol. The van der Waals surface area contributed by atoms with Crippen LogP contribution in [0.3, 0.4) is 0 Å². The molecule has 0 aliphatic rings. The molecule has 2 heterocycles. The van der Waals surface area contributed by atoms with Gasteiger partial charge in [-0.2, -0.15) is 0 Å². The lowest BCUT2D eigenvalue weighted by molar-refractivity contribution is 1.10. The molecule has 0 N–H and O–H groups in total. The third-order valence-corrected chi connectivity index (χ3v) is 4.25. The zero-order valence-electron chi connectivity index (χ0n) is 9.23. The predicted octanol–water partition coefficient (Wildman–Crippen LogP) is 4.70. The van der Waals surface area contributed by atoms with E-state index in [1.807, 2.05) is 36.4 Å². The molecule has 90 valence electrons. The van der Waals surface area contributed by atoms with Crippen LogP contribution in [-0.2, 0) is 6.42 Å². The summed E-state index contributed by atoms with van der Waals surface area (Å²) in [4.78, 5) is 9.90. The Morgan fingerprint density at radius 1 is 1.06 bits per heavy atom. The highest BCUT2D eigenvalue weighted by molar-refractivity contribution is 9.11. The van der Waals surface area contributed by atoms with Gasteiger partial charge < -0.3 is 0 Å². The second-order valence-corrected chi connectivity index (χ2v) is 6.59. The lowest BCUT2D eigenvalue weighted by atomic mass is 10.1. The Hall–Kier alpha value is -0.970. The minimum atomic E-state index is 0.758. The van der Waals surface area contributed by atoms with Crippen molar-refractivity contribution in [3.05, 3.63) is 56.6 Å². The molecule has 0 aliphatic carbocycles. The van der Waals surface area contributed by atoms with Crippen LogP contribution in [0.25, 0.3) is 10.3 Å². The molecule has 0 aliphatic heterocycles. The van der Waals surface area contributed by atoms with Crippen LogP contribution in [-0.4, -0.2) is 9.97 Å². The number of pyridine rings is 1. The molecule has 0 radical (unpaired) electrons. The number of hydrogen-bond acceptors (Lipinski definition) is 3. The largest absolute Gasteiger partial charge is 0.240 e. The number of halogens is 2. The fourth-order valence-electron chi connectivity index (χ4n) is 1.74. The summed E-state index contributed by atoms with van der Waals surface area (Å²) in [6.07, 6.45) is 0.808. The first kappa shape index (κ1) is 12.1. The summed E-state index contributed by atoms with van der Waals surface area (Å²) in [5.41, 5.74) is 3.18. The molecule has 0 saturated heterocycles. The van der Waals surface area contributed by atoms with E-state index >= 15 is 0 Å². The molecule has 0 spiro atoms. The molecule has 0 unspecified atom stereocenters. The Balaban J connectivity index is 1.92. The van der Waals surface area contributed by atoms with E-state index in [0.717, 1.165) is 31.4 Å². The van der Waals surface area contributed by atoms with Gasteiger partial charge in [-0.25, -0.2) is 9.97 Å². The van der Waals surface area contributed by atoms with E-state index in [4.69, 9.17) is 11.6 Å². The van der Waals surface area contributed by atoms with Crippen LogP contribution >= 0.6 is 38.9 Å². The van der Waals surface area contributed by atoms with Gasteiger partial charge in [0.2, 0.25) is 0 Å². The summed E-state index contributed by atoms with van der Waals surface area (Å²) in [6, 6.07) is 11.9. The average molecular weight is 340 g/mol. The Morgan fingerprint density at radius 2 is 1.83 bits per heavy atom. The topological polar surface area (TPSA) is 25.8 Å². The number of aromatic nitrogens is 2. The van der Waals surface area contributed by atoms with Crippen LogP contribution in [0.2, 0.25) is 5.02 Å². The summed E-state index contributed by atoms with van der Waals surface area (Å²) in [5.74, 6) is 0. The van der Waals surface area contributed by atoms with E-state index in [9.17, 15) is 0 Å². The van der Waals surface area contributed by atoms with E-state index < -0.39 is 0 Å². The SMILES string of the molecule is Clc1ccc(Cc2ccc3nc(Br)sc3n2)cc1. The van der Waals surface area contributed by atoms with Gasteiger partial charge in [0.05, 0.1) is 0 Å². The van der Waals surface area contributed by atoms with Crippen molar-refractivity contribution in [1.29, 1.82) is 0 Å². The highest BCUT2D eigenvalue weighted by Crippen LogP contribution is 2.25. The summed E-state index contributed by atoms with van der Waals surface area (Å²) in [6.45, 7) is 0. The number of nitrogens with zero attached hydrogens (tertiary/aromatic N) is 2. The highest BCUT2D eigenvalue weighted by Gasteiger charge is 2.04. The Morgan fingerprint density at radius 3 is 2.61 bits per heavy atom. The quantitative estimate of drug-likeness (QED) is 0.676. The lowest BCUT2D eigenvalue weighted by Gasteiger charge is -2.01. The van der Waals surface area contributed by atoms with Crippen molar-refractivity contribution in [2.45, 2.75) is 6.42 Å². The fourth-order valence-corrected chi connectivity index (χ4v) is 3.20. The second kappa shape index (κ2) is 4.96. The molecule has 18 heavy (non-hydrogen) atoms. The maximum atomic E-state index is 5.87. The summed E-state index contributed by atoms with van der Waals surface area (Å²) >= 11 is 10.8. The number of hydrogen-bond donors (Lipinski definition) is 0. The van der Waals surface area contributed by atoms with Gasteiger partial charge in [-0.15, -0.1) is 0 Å². The first-order valence-corrected chi connectivity index (χ1v) is 7.36. The minimum absolute atomic E-state index is 0.758. The third kappa shape index (κ3) is 2.55. The first-order valence-electron chi connectivity index (χ1n) is 5.37. The maximum absolute atomic E-state index is 5.87. The van der Waals surface area contributed by atoms with Gasteiger partial charge in [0.25, 0.3) is 0 Å². The Bertz CT molecular complexity index is 694. The molecule has 0 amide bonds. The molecule has 1 aromatic carbocycles. The normalized spacial score (nSPS) is 11.0. The van der Waals surface area contributed by atoms with Gasteiger partial charge in [0.1, 0.15) is 10.3 Å². The number of rotatable bonds is 2. The summed E-state index contributed by atoms with van der Waals surface area (Å²) in [7, 11) is 0. The van der Waals surface area contributed by atoms with E-state index in [1.54, 1.807) is 11.3 Å². The van der Waals surface area contributed by atoms with Crippen LogP contribution in [0.4, 0.5) is 0 Å². The minimum Gasteiger partial charge on any atom is -0.240 e. The monoisotopic (exact) mass is 338 g/mol. The Kier molecular flexibility index (Phi) is 3.33. The zero-order valence-corrected chi connectivity index (χ0v) is 12.4. The lowest BCUT2D eigenvalue weighted by Crippen LogP contribution is -1.91. The third-order valence-electron chi connectivity index (χ3n) is 2.59. The first-order chi connectivity index (χ1) is 8.70. The van der Waals surface area contributed by atoms with Crippen LogP contribution in [0.1, 0.15) is 11.3 Å². The maximum Gasteiger partial charge on any atom is 0.161 e. The molecule has 3 rings (SSSR count). The molecule has 2 aromatic heterocycles. The van der Waals surface area contributed by atoms with Gasteiger partial charge in [-0.3, -0.25) is 0 Å². The molecule has 0 fully saturated rings. The van der Waals surface area contributed by atoms with E-state index in [0.29, 0.717) is 0 Å². The highest BCUT2D eigenvalue weighted by atomic mass is 79.9. The smallest absolute Gasteiger partial charge is 0.161 e. The summed E-state index contributed by atoms with van der Waals surface area (Å²) < 4.78 is 0.869. The van der Waals surface area contributed by atoms with Gasteiger partial charge >= 0.3 is 0 Å². The second-order valence-electron chi connectivity index (χ2n) is 3.90. The zero-order chi connectivity index (χ0) is 12.5. The molecule has 0 atom stereocenters. The molecule has 2 nitrogen and oxygen atoms in total. The number of benzene rings is 1. The van der Waals surface area contributed by atoms with Gasteiger partial charge in [0.15, 0.2) is 3.92 Å². The molecule has 0 bridgehead atoms. The average Bonchev–Trinajstić information content (AvgIpc) is 2.71. The van der Waals surface area contributed by atoms with Crippen molar-refractivity contribution in [1.82, 2.24) is 9.97 Å². The molecular formula is C13H8BrClN2S. The molecule has 0 saturated carbocycles. The summed E-state index contributed by atoms with van der Waals surface area (Å²) in [5, 5.41) is 0.758. The standard InChI is InChI=1S/C13H8BrClN2S/c14-13-17-11-6-5-10(16-12(11)18-13)7-8-1-3-9(15)4-2-8/h1-6H,7H2. The fraction of sp³-hybridized carbons (Fsp3) is 0.0769. The van der Waals surface area contributed by atoms with Crippen molar-refractivity contribution in [3.63, 3.8) is 0 Å². The van der Waals surface area contributed by atoms with Crippen molar-refractivity contribution in [2.24, 2.45) is 0 Å². The van der Waals surface area contributed by atoms with E-state index in [-0.39, 0.29) is 0 Å². The van der Waals surface area contributed by atoms with E-state index in [2.05, 4.69) is 25.9 Å². The number of fused-ring (bicyclic) bond motifs is 1. The van der Waals surface area contributed by atoms with Gasteiger partial charge in [0, 0.05) is 17.1 Å². The van der Waals surface area contributed by atoms with Crippen molar-refractivity contribution in [3.8, 4) is 0 Å². The van der Waals surface area contributed by atoms with Crippen LogP contribution in [0.5, 0.6) is 0 Å². The van der Waals surface area contributed by atoms with Crippen LogP contribution in [0.15, 0.2) is 40.3 Å². The molecular weight excluding hydrogens is 332 g/mol. The van der Waals surface area contributed by atoms with Gasteiger partial charge in [-0.05, 0) is 45.8 Å².